The minimum atomic E-state index is -0.585. The molecule has 0 radical (unpaired) electrons. The van der Waals surface area contributed by atoms with Gasteiger partial charge in [-0.05, 0) is 26.8 Å². The lowest BCUT2D eigenvalue weighted by atomic mass is 10.1. The summed E-state index contributed by atoms with van der Waals surface area (Å²) in [6, 6.07) is 4.91. The molecule has 0 amide bonds. The van der Waals surface area contributed by atoms with Gasteiger partial charge in [0.15, 0.2) is 0 Å². The molecule has 0 spiro atoms. The number of halogens is 2. The summed E-state index contributed by atoms with van der Waals surface area (Å²) >= 11 is 5.76. The molecule has 0 aliphatic carbocycles. The van der Waals surface area contributed by atoms with E-state index in [1.807, 2.05) is 13.8 Å². The highest BCUT2D eigenvalue weighted by atomic mass is 35.5. The number of aromatic nitrogens is 2. The van der Waals surface area contributed by atoms with Gasteiger partial charge in [-0.1, -0.05) is 23.7 Å². The molecule has 0 saturated heterocycles. The van der Waals surface area contributed by atoms with E-state index in [0.717, 1.165) is 17.0 Å². The van der Waals surface area contributed by atoms with E-state index in [1.54, 1.807) is 23.7 Å². The van der Waals surface area contributed by atoms with Crippen LogP contribution in [0.3, 0.4) is 0 Å². The molecule has 0 aliphatic heterocycles. The van der Waals surface area contributed by atoms with E-state index in [4.69, 9.17) is 11.6 Å². The molecule has 2 rings (SSSR count). The number of nitrogens with zero attached hydrogens (tertiary/aromatic N) is 2. The smallest absolute Gasteiger partial charge is 0.146 e. The average molecular weight is 283 g/mol. The van der Waals surface area contributed by atoms with Gasteiger partial charge in [0, 0.05) is 16.8 Å². The number of hydrogen-bond acceptors (Lipinski definition) is 2. The quantitative estimate of drug-likeness (QED) is 0.937. The largest absolute Gasteiger partial charge is 0.389 e. The van der Waals surface area contributed by atoms with Crippen LogP contribution in [0.2, 0.25) is 5.02 Å². The van der Waals surface area contributed by atoms with Gasteiger partial charge < -0.3 is 5.11 Å². The first-order valence-corrected chi connectivity index (χ1v) is 6.44. The molecule has 1 aromatic heterocycles. The Balaban J connectivity index is 2.39. The van der Waals surface area contributed by atoms with Gasteiger partial charge in [-0.2, -0.15) is 5.10 Å². The fraction of sp³-hybridized carbons (Fsp3) is 0.357. The van der Waals surface area contributed by atoms with Crippen LogP contribution < -0.4 is 0 Å². The van der Waals surface area contributed by atoms with Gasteiger partial charge >= 0.3 is 0 Å². The maximum atomic E-state index is 13.9. The Morgan fingerprint density at radius 1 is 1.42 bits per heavy atom. The molecule has 3 nitrogen and oxygen atoms in total. The molecule has 1 atom stereocenters. The van der Waals surface area contributed by atoms with E-state index in [9.17, 15) is 9.50 Å². The van der Waals surface area contributed by atoms with Crippen molar-refractivity contribution in [1.82, 2.24) is 9.78 Å². The second kappa shape index (κ2) is 5.31. The van der Waals surface area contributed by atoms with Crippen LogP contribution in [0.4, 0.5) is 4.39 Å². The van der Waals surface area contributed by atoms with Gasteiger partial charge in [-0.3, -0.25) is 4.68 Å². The third-order valence-electron chi connectivity index (χ3n) is 3.21. The number of aliphatic hydroxyl groups is 1. The molecule has 5 heteroatoms. The third-order valence-corrected chi connectivity index (χ3v) is 3.50. The monoisotopic (exact) mass is 282 g/mol. The van der Waals surface area contributed by atoms with Crippen molar-refractivity contribution in [3.63, 3.8) is 0 Å². The van der Waals surface area contributed by atoms with Crippen molar-refractivity contribution in [3.05, 3.63) is 51.6 Å². The highest BCUT2D eigenvalue weighted by Gasteiger charge is 2.16. The van der Waals surface area contributed by atoms with E-state index < -0.39 is 11.9 Å². The molecule has 1 N–H and O–H groups in total. The summed E-state index contributed by atoms with van der Waals surface area (Å²) in [5, 5.41) is 14.2. The normalized spacial score (nSPS) is 12.7. The fourth-order valence-corrected chi connectivity index (χ4v) is 2.50. The Morgan fingerprint density at radius 3 is 2.68 bits per heavy atom. The van der Waals surface area contributed by atoms with E-state index in [0.29, 0.717) is 12.1 Å². The van der Waals surface area contributed by atoms with Crippen LogP contribution in [0.15, 0.2) is 18.2 Å². The van der Waals surface area contributed by atoms with Gasteiger partial charge in [0.05, 0.1) is 23.4 Å². The Morgan fingerprint density at radius 2 is 2.11 bits per heavy atom. The molecule has 0 bridgehead atoms. The Labute approximate surface area is 116 Å². The van der Waals surface area contributed by atoms with Gasteiger partial charge in [-0.25, -0.2) is 4.39 Å². The van der Waals surface area contributed by atoms with Crippen LogP contribution in [0.1, 0.15) is 35.5 Å². The first-order valence-electron chi connectivity index (χ1n) is 6.06. The summed E-state index contributed by atoms with van der Waals surface area (Å²) in [6.45, 7) is 5.69. The standard InChI is InChI=1S/C14H16ClFN2O/c1-8-13(10(3)19)9(2)18(17-8)7-11-5-4-6-12(15)14(11)16/h4-6,10,19H,7H2,1-3H3. The predicted molar refractivity (Wildman–Crippen MR) is 72.8 cm³/mol. The van der Waals surface area contributed by atoms with Crippen LogP contribution in [0.5, 0.6) is 0 Å². The zero-order valence-corrected chi connectivity index (χ0v) is 11.9. The van der Waals surface area contributed by atoms with Crippen molar-refractivity contribution < 1.29 is 9.50 Å². The number of hydrogen-bond donors (Lipinski definition) is 1. The molecular weight excluding hydrogens is 267 g/mol. The molecule has 0 aliphatic rings. The minimum Gasteiger partial charge on any atom is -0.389 e. The molecule has 0 saturated carbocycles. The van der Waals surface area contributed by atoms with Gasteiger partial charge in [0.1, 0.15) is 5.82 Å². The van der Waals surface area contributed by atoms with Crippen molar-refractivity contribution in [2.45, 2.75) is 33.4 Å². The molecule has 0 fully saturated rings. The molecule has 2 aromatic rings. The first-order chi connectivity index (χ1) is 8.91. The summed E-state index contributed by atoms with van der Waals surface area (Å²) in [7, 11) is 0. The fourth-order valence-electron chi connectivity index (χ4n) is 2.30. The maximum Gasteiger partial charge on any atom is 0.146 e. The summed E-state index contributed by atoms with van der Waals surface area (Å²) < 4.78 is 15.5. The zero-order chi connectivity index (χ0) is 14.2. The first kappa shape index (κ1) is 14.0. The molecule has 1 heterocycles. The molecular formula is C14H16ClFN2O. The van der Waals surface area contributed by atoms with E-state index in [-0.39, 0.29) is 5.02 Å². The third kappa shape index (κ3) is 2.65. The van der Waals surface area contributed by atoms with Crippen molar-refractivity contribution in [2.24, 2.45) is 0 Å². The number of benzene rings is 1. The second-order valence-corrected chi connectivity index (χ2v) is 5.04. The molecule has 19 heavy (non-hydrogen) atoms. The van der Waals surface area contributed by atoms with E-state index in [1.165, 1.54) is 6.07 Å². The topological polar surface area (TPSA) is 38.0 Å². The SMILES string of the molecule is Cc1nn(Cc2cccc(Cl)c2F)c(C)c1C(C)O. The summed E-state index contributed by atoms with van der Waals surface area (Å²) in [4.78, 5) is 0. The van der Waals surface area contributed by atoms with Crippen molar-refractivity contribution in [2.75, 3.05) is 0 Å². The van der Waals surface area contributed by atoms with Gasteiger partial charge in [-0.15, -0.1) is 0 Å². The lowest BCUT2D eigenvalue weighted by Gasteiger charge is -2.08. The average Bonchev–Trinajstić information content (AvgIpc) is 2.60. The van der Waals surface area contributed by atoms with E-state index in [2.05, 4.69) is 5.10 Å². The number of rotatable bonds is 3. The van der Waals surface area contributed by atoms with Crippen LogP contribution >= 0.6 is 11.6 Å². The lowest BCUT2D eigenvalue weighted by molar-refractivity contribution is 0.197. The Bertz CT molecular complexity index is 608. The van der Waals surface area contributed by atoms with Crippen LogP contribution in [0.25, 0.3) is 0 Å². The van der Waals surface area contributed by atoms with Crippen molar-refractivity contribution in [1.29, 1.82) is 0 Å². The summed E-state index contributed by atoms with van der Waals surface area (Å²) in [5.74, 6) is -0.421. The Kier molecular flexibility index (Phi) is 3.92. The van der Waals surface area contributed by atoms with Crippen LogP contribution in [-0.4, -0.2) is 14.9 Å². The van der Waals surface area contributed by atoms with Crippen molar-refractivity contribution >= 4 is 11.6 Å². The van der Waals surface area contributed by atoms with E-state index >= 15 is 0 Å². The number of aryl methyl sites for hydroxylation is 1. The molecule has 102 valence electrons. The maximum absolute atomic E-state index is 13.9. The second-order valence-electron chi connectivity index (χ2n) is 4.63. The molecule has 1 aromatic carbocycles. The van der Waals surface area contributed by atoms with Crippen molar-refractivity contribution in [3.8, 4) is 0 Å². The minimum absolute atomic E-state index is 0.106. The highest BCUT2D eigenvalue weighted by Crippen LogP contribution is 2.23. The van der Waals surface area contributed by atoms with Gasteiger partial charge in [0.2, 0.25) is 0 Å². The number of aliphatic hydroxyl groups excluding tert-OH is 1. The highest BCUT2D eigenvalue weighted by molar-refractivity contribution is 6.30. The molecule has 1 unspecified atom stereocenters. The Hall–Kier alpha value is -1.39. The van der Waals surface area contributed by atoms with Crippen LogP contribution in [0, 0.1) is 19.7 Å². The van der Waals surface area contributed by atoms with Gasteiger partial charge in [0.25, 0.3) is 0 Å². The van der Waals surface area contributed by atoms with Crippen LogP contribution in [-0.2, 0) is 6.54 Å². The zero-order valence-electron chi connectivity index (χ0n) is 11.1. The predicted octanol–water partition coefficient (Wildman–Crippen LogP) is 3.39. The summed E-state index contributed by atoms with van der Waals surface area (Å²) in [5.41, 5.74) is 2.87. The lowest BCUT2D eigenvalue weighted by Crippen LogP contribution is -2.06. The summed E-state index contributed by atoms with van der Waals surface area (Å²) in [6.07, 6.45) is -0.585.